The van der Waals surface area contributed by atoms with E-state index in [1.807, 2.05) is 36.2 Å². The fraction of sp³-hybridized carbons (Fsp3) is 0.391. The van der Waals surface area contributed by atoms with Crippen LogP contribution in [0.1, 0.15) is 6.42 Å². The molecule has 2 aromatic carbocycles. The van der Waals surface area contributed by atoms with Gasteiger partial charge in [0.05, 0.1) is 19.8 Å². The number of hydrogen-bond donors (Lipinski definition) is 2. The van der Waals surface area contributed by atoms with Crippen LogP contribution >= 0.6 is 0 Å². The Balaban J connectivity index is 1.18. The second-order valence-electron chi connectivity index (χ2n) is 7.80. The summed E-state index contributed by atoms with van der Waals surface area (Å²) in [7, 11) is 1.81. The Morgan fingerprint density at radius 3 is 2.41 bits per heavy atom. The van der Waals surface area contributed by atoms with Crippen LogP contribution in [0.25, 0.3) is 0 Å². The van der Waals surface area contributed by atoms with Gasteiger partial charge in [-0.15, -0.1) is 0 Å². The van der Waals surface area contributed by atoms with Gasteiger partial charge >= 0.3 is 0 Å². The number of nitrogens with zero attached hydrogens (tertiary/aromatic N) is 2. The smallest absolute Gasteiger partial charge is 0.238 e. The van der Waals surface area contributed by atoms with Crippen LogP contribution in [0, 0.1) is 0 Å². The van der Waals surface area contributed by atoms with Crippen molar-refractivity contribution in [2.45, 2.75) is 6.42 Å². The van der Waals surface area contributed by atoms with Crippen molar-refractivity contribution in [3.63, 3.8) is 0 Å². The maximum Gasteiger partial charge on any atom is 0.238 e. The van der Waals surface area contributed by atoms with Crippen molar-refractivity contribution in [3.8, 4) is 11.5 Å². The summed E-state index contributed by atoms with van der Waals surface area (Å²) in [4.78, 5) is 28.7. The summed E-state index contributed by atoms with van der Waals surface area (Å²) >= 11 is 0. The van der Waals surface area contributed by atoms with E-state index in [0.717, 1.165) is 37.7 Å². The van der Waals surface area contributed by atoms with Crippen LogP contribution in [-0.4, -0.2) is 69.9 Å². The van der Waals surface area contributed by atoms with Crippen LogP contribution < -0.4 is 25.0 Å². The summed E-state index contributed by atoms with van der Waals surface area (Å²) in [5.41, 5.74) is 2.53. The molecule has 1 saturated heterocycles. The Bertz CT molecular complexity index is 944. The van der Waals surface area contributed by atoms with E-state index in [-0.39, 0.29) is 31.6 Å². The van der Waals surface area contributed by atoms with Crippen LogP contribution in [0.3, 0.4) is 0 Å². The number of benzene rings is 2. The molecule has 0 unspecified atom stereocenters. The molecular weight excluding hydrogens is 412 g/mol. The topological polar surface area (TPSA) is 92.4 Å². The third-order valence-electron chi connectivity index (χ3n) is 5.32. The molecule has 170 valence electrons. The average molecular weight is 441 g/mol. The number of morpholine rings is 1. The first-order chi connectivity index (χ1) is 15.6. The summed E-state index contributed by atoms with van der Waals surface area (Å²) in [5.74, 6) is 1.04. The highest BCUT2D eigenvalue weighted by Gasteiger charge is 2.15. The van der Waals surface area contributed by atoms with E-state index in [1.54, 1.807) is 18.2 Å². The Labute approximate surface area is 187 Å². The number of likely N-dealkylation sites (N-methyl/N-ethyl adjacent to an activating group) is 1. The van der Waals surface area contributed by atoms with Crippen LogP contribution in [0.4, 0.5) is 17.1 Å². The number of anilines is 3. The highest BCUT2D eigenvalue weighted by Crippen LogP contribution is 2.34. The Hall–Kier alpha value is -3.30. The summed E-state index contributed by atoms with van der Waals surface area (Å²) in [6.45, 7) is 4.07. The molecule has 0 aliphatic carbocycles. The lowest BCUT2D eigenvalue weighted by molar-refractivity contribution is -0.119. The highest BCUT2D eigenvalue weighted by atomic mass is 16.7. The lowest BCUT2D eigenvalue weighted by Gasteiger charge is -2.28. The molecule has 2 N–H and O–H groups in total. The minimum absolute atomic E-state index is 0.122. The summed E-state index contributed by atoms with van der Waals surface area (Å²) < 4.78 is 16.0. The van der Waals surface area contributed by atoms with Gasteiger partial charge in [-0.2, -0.15) is 0 Å². The SMILES string of the molecule is CN(CCC(=O)Nc1ccc2c(c1)OCO2)CC(=O)Nc1ccc(N2CCOCC2)cc1. The molecule has 1 fully saturated rings. The number of hydrogen-bond acceptors (Lipinski definition) is 7. The number of fused-ring (bicyclic) bond motifs is 1. The first-order valence-corrected chi connectivity index (χ1v) is 10.7. The number of carbonyl (C=O) groups is 2. The van der Waals surface area contributed by atoms with Crippen molar-refractivity contribution < 1.29 is 23.8 Å². The molecular formula is C23H28N4O5. The van der Waals surface area contributed by atoms with Gasteiger partial charge in [0.25, 0.3) is 0 Å². The lowest BCUT2D eigenvalue weighted by Crippen LogP contribution is -2.36. The van der Waals surface area contributed by atoms with Gasteiger partial charge in [-0.05, 0) is 43.4 Å². The molecule has 2 amide bonds. The van der Waals surface area contributed by atoms with Crippen molar-refractivity contribution in [2.24, 2.45) is 0 Å². The Kier molecular flexibility index (Phi) is 7.08. The number of amides is 2. The van der Waals surface area contributed by atoms with Gasteiger partial charge in [-0.25, -0.2) is 0 Å². The average Bonchev–Trinajstić information content (AvgIpc) is 3.27. The van der Waals surface area contributed by atoms with E-state index in [4.69, 9.17) is 14.2 Å². The largest absolute Gasteiger partial charge is 0.454 e. The van der Waals surface area contributed by atoms with Gasteiger partial charge < -0.3 is 29.7 Å². The number of nitrogens with one attached hydrogen (secondary N) is 2. The number of ether oxygens (including phenoxy) is 3. The number of rotatable bonds is 8. The van der Waals surface area contributed by atoms with E-state index in [0.29, 0.717) is 23.7 Å². The molecule has 0 saturated carbocycles. The van der Waals surface area contributed by atoms with Crippen LogP contribution in [-0.2, 0) is 14.3 Å². The number of carbonyl (C=O) groups excluding carboxylic acids is 2. The zero-order valence-electron chi connectivity index (χ0n) is 18.1. The molecule has 0 spiro atoms. The maximum atomic E-state index is 12.3. The Morgan fingerprint density at radius 2 is 1.62 bits per heavy atom. The molecule has 2 aliphatic rings. The van der Waals surface area contributed by atoms with E-state index >= 15 is 0 Å². The Morgan fingerprint density at radius 1 is 0.938 bits per heavy atom. The zero-order valence-corrected chi connectivity index (χ0v) is 18.1. The van der Waals surface area contributed by atoms with Gasteiger partial charge in [-0.1, -0.05) is 0 Å². The van der Waals surface area contributed by atoms with Gasteiger partial charge in [0.1, 0.15) is 0 Å². The normalized spacial score (nSPS) is 15.0. The molecule has 0 aromatic heterocycles. The molecule has 2 heterocycles. The zero-order chi connectivity index (χ0) is 22.3. The van der Waals surface area contributed by atoms with Crippen LogP contribution in [0.15, 0.2) is 42.5 Å². The molecule has 0 radical (unpaired) electrons. The van der Waals surface area contributed by atoms with Crippen molar-refractivity contribution in [1.82, 2.24) is 4.90 Å². The molecule has 9 nitrogen and oxygen atoms in total. The summed E-state index contributed by atoms with van der Waals surface area (Å²) in [6.07, 6.45) is 0.270. The highest BCUT2D eigenvalue weighted by molar-refractivity contribution is 5.93. The van der Waals surface area contributed by atoms with Crippen molar-refractivity contribution in [1.29, 1.82) is 0 Å². The lowest BCUT2D eigenvalue weighted by atomic mass is 10.2. The first kappa shape index (κ1) is 21.9. The van der Waals surface area contributed by atoms with Crippen molar-refractivity contribution in [3.05, 3.63) is 42.5 Å². The predicted molar refractivity (Wildman–Crippen MR) is 121 cm³/mol. The van der Waals surface area contributed by atoms with Gasteiger partial charge in [-0.3, -0.25) is 14.5 Å². The standard InChI is InChI=1S/C23H28N4O5/c1-26(9-8-22(28)25-18-4-7-20-21(14-18)32-16-31-20)15-23(29)24-17-2-5-19(6-3-17)27-10-12-30-13-11-27/h2-7,14H,8-13,15-16H2,1H3,(H,24,29)(H,25,28). The molecule has 2 aliphatic heterocycles. The second-order valence-corrected chi connectivity index (χ2v) is 7.80. The van der Waals surface area contributed by atoms with E-state index < -0.39 is 0 Å². The predicted octanol–water partition coefficient (Wildman–Crippen LogP) is 2.15. The fourth-order valence-electron chi connectivity index (χ4n) is 3.59. The molecule has 4 rings (SSSR count). The van der Waals surface area contributed by atoms with Crippen LogP contribution in [0.2, 0.25) is 0 Å². The minimum Gasteiger partial charge on any atom is -0.454 e. The summed E-state index contributed by atoms with van der Waals surface area (Å²) in [5, 5.41) is 5.74. The molecule has 9 heteroatoms. The van der Waals surface area contributed by atoms with E-state index in [1.165, 1.54) is 0 Å². The van der Waals surface area contributed by atoms with Gasteiger partial charge in [0.2, 0.25) is 18.6 Å². The summed E-state index contributed by atoms with van der Waals surface area (Å²) in [6, 6.07) is 13.1. The minimum atomic E-state index is -0.130. The van der Waals surface area contributed by atoms with E-state index in [2.05, 4.69) is 15.5 Å². The monoisotopic (exact) mass is 440 g/mol. The first-order valence-electron chi connectivity index (χ1n) is 10.7. The van der Waals surface area contributed by atoms with E-state index in [9.17, 15) is 9.59 Å². The van der Waals surface area contributed by atoms with Crippen LogP contribution in [0.5, 0.6) is 11.5 Å². The molecule has 32 heavy (non-hydrogen) atoms. The quantitative estimate of drug-likeness (QED) is 0.650. The molecule has 2 aromatic rings. The maximum absolute atomic E-state index is 12.3. The van der Waals surface area contributed by atoms with Gasteiger partial charge in [0.15, 0.2) is 11.5 Å². The third kappa shape index (κ3) is 5.89. The molecule has 0 atom stereocenters. The molecule has 0 bridgehead atoms. The van der Waals surface area contributed by atoms with Crippen molar-refractivity contribution >= 4 is 28.9 Å². The van der Waals surface area contributed by atoms with Crippen molar-refractivity contribution in [2.75, 3.05) is 68.8 Å². The third-order valence-corrected chi connectivity index (χ3v) is 5.32. The fourth-order valence-corrected chi connectivity index (χ4v) is 3.59. The second kappa shape index (κ2) is 10.3. The van der Waals surface area contributed by atoms with Gasteiger partial charge in [0, 0.05) is 49.2 Å².